The topological polar surface area (TPSA) is 83.6 Å². The van der Waals surface area contributed by atoms with Gasteiger partial charge in [-0.15, -0.1) is 0 Å². The minimum absolute atomic E-state index is 0.176. The molecule has 1 aliphatic heterocycles. The van der Waals surface area contributed by atoms with Gasteiger partial charge in [0.25, 0.3) is 0 Å². The van der Waals surface area contributed by atoms with E-state index in [0.717, 1.165) is 42.9 Å². The second-order valence-corrected chi connectivity index (χ2v) is 6.72. The van der Waals surface area contributed by atoms with Crippen molar-refractivity contribution < 1.29 is 14.3 Å². The van der Waals surface area contributed by atoms with Crippen molar-refractivity contribution in [3.8, 4) is 0 Å². The van der Waals surface area contributed by atoms with Crippen molar-refractivity contribution in [1.29, 1.82) is 0 Å². The monoisotopic (exact) mass is 382 g/mol. The van der Waals surface area contributed by atoms with E-state index in [4.69, 9.17) is 4.74 Å². The standard InChI is InChI=1S/C21H26N4O3/c26-19(28-16-17-8-3-1-4-9-17)15-24-21(27)23-14-18-10-7-11-22-20(18)25-12-5-2-6-13-25/h1,3-4,7-11H,2,5-6,12-16H2,(H2,23,24,27). The third-order valence-electron chi connectivity index (χ3n) is 4.60. The minimum Gasteiger partial charge on any atom is -0.460 e. The Morgan fingerprint density at radius 3 is 2.57 bits per heavy atom. The van der Waals surface area contributed by atoms with E-state index in [1.165, 1.54) is 6.42 Å². The Kier molecular flexibility index (Phi) is 7.23. The maximum atomic E-state index is 12.0. The van der Waals surface area contributed by atoms with Crippen LogP contribution in [-0.4, -0.2) is 36.6 Å². The van der Waals surface area contributed by atoms with E-state index in [0.29, 0.717) is 6.54 Å². The molecule has 1 fully saturated rings. The summed E-state index contributed by atoms with van der Waals surface area (Å²) in [5.74, 6) is 0.444. The second kappa shape index (κ2) is 10.3. The van der Waals surface area contributed by atoms with Gasteiger partial charge in [0.2, 0.25) is 0 Å². The zero-order chi connectivity index (χ0) is 19.6. The van der Waals surface area contributed by atoms with Gasteiger partial charge in [-0.05, 0) is 30.9 Å². The highest BCUT2D eigenvalue weighted by atomic mass is 16.5. The molecule has 0 unspecified atom stereocenters. The van der Waals surface area contributed by atoms with Crippen LogP contribution in [0, 0.1) is 0 Å². The van der Waals surface area contributed by atoms with Crippen molar-refractivity contribution in [2.24, 2.45) is 0 Å². The normalized spacial score (nSPS) is 13.6. The van der Waals surface area contributed by atoms with Crippen LogP contribution >= 0.6 is 0 Å². The number of anilines is 1. The molecule has 3 rings (SSSR count). The van der Waals surface area contributed by atoms with Crippen LogP contribution in [0.3, 0.4) is 0 Å². The molecule has 7 heteroatoms. The van der Waals surface area contributed by atoms with Crippen molar-refractivity contribution in [1.82, 2.24) is 15.6 Å². The number of rotatable bonds is 7. The number of hydrogen-bond donors (Lipinski definition) is 2. The first-order chi connectivity index (χ1) is 13.7. The van der Waals surface area contributed by atoms with Crippen LogP contribution in [0.15, 0.2) is 48.7 Å². The first-order valence-electron chi connectivity index (χ1n) is 9.62. The van der Waals surface area contributed by atoms with Gasteiger partial charge in [-0.3, -0.25) is 4.79 Å². The highest BCUT2D eigenvalue weighted by Crippen LogP contribution is 2.21. The number of carbonyl (C=O) groups excluding carboxylic acids is 2. The zero-order valence-corrected chi connectivity index (χ0v) is 15.9. The molecule has 1 aliphatic rings. The lowest BCUT2D eigenvalue weighted by Crippen LogP contribution is -2.39. The summed E-state index contributed by atoms with van der Waals surface area (Å²) < 4.78 is 5.14. The number of nitrogens with zero attached hydrogens (tertiary/aromatic N) is 2. The van der Waals surface area contributed by atoms with Gasteiger partial charge in [0.15, 0.2) is 0 Å². The highest BCUT2D eigenvalue weighted by Gasteiger charge is 2.16. The molecule has 0 radical (unpaired) electrons. The van der Waals surface area contributed by atoms with Crippen molar-refractivity contribution in [2.45, 2.75) is 32.4 Å². The van der Waals surface area contributed by atoms with E-state index >= 15 is 0 Å². The smallest absolute Gasteiger partial charge is 0.325 e. The van der Waals surface area contributed by atoms with Gasteiger partial charge in [0, 0.05) is 31.4 Å². The number of ether oxygens (including phenoxy) is 1. The number of urea groups is 1. The molecule has 2 aromatic rings. The molecule has 2 N–H and O–H groups in total. The summed E-state index contributed by atoms with van der Waals surface area (Å²) in [7, 11) is 0. The van der Waals surface area contributed by atoms with Gasteiger partial charge in [-0.2, -0.15) is 0 Å². The molecule has 1 aromatic carbocycles. The van der Waals surface area contributed by atoms with Crippen molar-refractivity contribution in [3.05, 3.63) is 59.8 Å². The lowest BCUT2D eigenvalue weighted by Gasteiger charge is -2.29. The number of nitrogens with one attached hydrogen (secondary N) is 2. The summed E-state index contributed by atoms with van der Waals surface area (Å²) in [6.07, 6.45) is 5.35. The van der Waals surface area contributed by atoms with Crippen LogP contribution in [0.25, 0.3) is 0 Å². The minimum atomic E-state index is -0.477. The van der Waals surface area contributed by atoms with Gasteiger partial charge in [0.1, 0.15) is 19.0 Å². The quantitative estimate of drug-likeness (QED) is 0.719. The lowest BCUT2D eigenvalue weighted by molar-refractivity contribution is -0.143. The molecule has 7 nitrogen and oxygen atoms in total. The molecule has 0 saturated carbocycles. The molecule has 2 heterocycles. The predicted octanol–water partition coefficient (Wildman–Crippen LogP) is 2.61. The number of carbonyl (C=O) groups is 2. The molecule has 148 valence electrons. The Morgan fingerprint density at radius 2 is 1.79 bits per heavy atom. The Balaban J connectivity index is 1.41. The maximum absolute atomic E-state index is 12.0. The maximum Gasteiger partial charge on any atom is 0.325 e. The fraction of sp³-hybridized carbons (Fsp3) is 0.381. The van der Waals surface area contributed by atoms with E-state index in [2.05, 4.69) is 20.5 Å². The van der Waals surface area contributed by atoms with E-state index in [9.17, 15) is 9.59 Å². The van der Waals surface area contributed by atoms with Gasteiger partial charge < -0.3 is 20.3 Å². The predicted molar refractivity (Wildman–Crippen MR) is 107 cm³/mol. The number of pyridine rings is 1. The Labute approximate surface area is 165 Å². The average molecular weight is 382 g/mol. The first kappa shape index (κ1) is 19.7. The van der Waals surface area contributed by atoms with Crippen molar-refractivity contribution in [2.75, 3.05) is 24.5 Å². The molecular weight excluding hydrogens is 356 g/mol. The molecule has 28 heavy (non-hydrogen) atoms. The van der Waals surface area contributed by atoms with Gasteiger partial charge in [-0.1, -0.05) is 36.4 Å². The van der Waals surface area contributed by atoms with E-state index in [-0.39, 0.29) is 13.2 Å². The molecule has 0 aliphatic carbocycles. The van der Waals surface area contributed by atoms with Crippen molar-refractivity contribution in [3.63, 3.8) is 0 Å². The molecule has 1 saturated heterocycles. The van der Waals surface area contributed by atoms with Gasteiger partial charge in [0.05, 0.1) is 0 Å². The number of hydrogen-bond acceptors (Lipinski definition) is 5. The molecule has 0 bridgehead atoms. The first-order valence-corrected chi connectivity index (χ1v) is 9.62. The molecule has 2 amide bonds. The van der Waals surface area contributed by atoms with Crippen LogP contribution in [0.2, 0.25) is 0 Å². The van der Waals surface area contributed by atoms with Crippen LogP contribution in [-0.2, 0) is 22.7 Å². The van der Waals surface area contributed by atoms with Gasteiger partial charge in [-0.25, -0.2) is 9.78 Å². The number of esters is 1. The second-order valence-electron chi connectivity index (χ2n) is 6.72. The molecule has 1 aromatic heterocycles. The fourth-order valence-corrected chi connectivity index (χ4v) is 3.14. The fourth-order valence-electron chi connectivity index (χ4n) is 3.14. The largest absolute Gasteiger partial charge is 0.460 e. The number of aromatic nitrogens is 1. The molecule has 0 atom stereocenters. The van der Waals surface area contributed by atoms with Crippen LogP contribution in [0.4, 0.5) is 10.6 Å². The van der Waals surface area contributed by atoms with Crippen LogP contribution in [0.5, 0.6) is 0 Å². The summed E-state index contributed by atoms with van der Waals surface area (Å²) in [4.78, 5) is 30.5. The summed E-state index contributed by atoms with van der Waals surface area (Å²) in [5.41, 5.74) is 1.87. The Hall–Kier alpha value is -3.09. The number of benzene rings is 1. The van der Waals surface area contributed by atoms with Gasteiger partial charge >= 0.3 is 12.0 Å². The summed E-state index contributed by atoms with van der Waals surface area (Å²) >= 11 is 0. The van der Waals surface area contributed by atoms with E-state index in [1.54, 1.807) is 6.20 Å². The Bertz CT molecular complexity index is 776. The van der Waals surface area contributed by atoms with Crippen LogP contribution < -0.4 is 15.5 Å². The number of piperidine rings is 1. The SMILES string of the molecule is O=C(NCC(=O)OCc1ccccc1)NCc1cccnc1N1CCCCC1. The molecule has 0 spiro atoms. The third-order valence-corrected chi connectivity index (χ3v) is 4.60. The lowest BCUT2D eigenvalue weighted by atomic mass is 10.1. The average Bonchev–Trinajstić information content (AvgIpc) is 2.76. The van der Waals surface area contributed by atoms with Crippen molar-refractivity contribution >= 4 is 17.8 Å². The van der Waals surface area contributed by atoms with E-state index < -0.39 is 12.0 Å². The zero-order valence-electron chi connectivity index (χ0n) is 15.9. The summed E-state index contributed by atoms with van der Waals surface area (Å²) in [5, 5.41) is 5.31. The Morgan fingerprint density at radius 1 is 1.00 bits per heavy atom. The summed E-state index contributed by atoms with van der Waals surface area (Å²) in [6, 6.07) is 12.8. The highest BCUT2D eigenvalue weighted by molar-refractivity contribution is 5.80. The molecular formula is C21H26N4O3. The third kappa shape index (κ3) is 5.97. The van der Waals surface area contributed by atoms with Crippen LogP contribution in [0.1, 0.15) is 30.4 Å². The number of amides is 2. The van der Waals surface area contributed by atoms with E-state index in [1.807, 2.05) is 42.5 Å². The summed E-state index contributed by atoms with van der Waals surface area (Å²) in [6.45, 7) is 2.35.